The van der Waals surface area contributed by atoms with E-state index >= 15 is 0 Å². The first-order chi connectivity index (χ1) is 13.1. The van der Waals surface area contributed by atoms with Gasteiger partial charge in [0.05, 0.1) is 10.5 Å². The fourth-order valence-electron chi connectivity index (χ4n) is 3.23. The van der Waals surface area contributed by atoms with E-state index in [0.29, 0.717) is 13.1 Å². The normalized spacial score (nSPS) is 15.3. The van der Waals surface area contributed by atoms with E-state index in [-0.39, 0.29) is 17.1 Å². The van der Waals surface area contributed by atoms with Crippen LogP contribution in [0.15, 0.2) is 58.8 Å². The lowest BCUT2D eigenvalue weighted by Crippen LogP contribution is -2.28. The number of esters is 1. The van der Waals surface area contributed by atoms with Crippen LogP contribution < -0.4 is 0 Å². The summed E-state index contributed by atoms with van der Waals surface area (Å²) in [4.78, 5) is 12.6. The largest absolute Gasteiger partial charge is 0.457 e. The Bertz CT molecular complexity index is 1080. The molecule has 2 aromatic carbocycles. The molecule has 1 aliphatic rings. The van der Waals surface area contributed by atoms with Crippen molar-refractivity contribution in [1.29, 1.82) is 0 Å². The molecule has 1 saturated heterocycles. The van der Waals surface area contributed by atoms with Crippen molar-refractivity contribution in [2.75, 3.05) is 13.1 Å². The van der Waals surface area contributed by atoms with Gasteiger partial charge in [0, 0.05) is 23.4 Å². The topological polar surface area (TPSA) is 63.7 Å². The summed E-state index contributed by atoms with van der Waals surface area (Å²) in [5.74, 6) is -0.524. The summed E-state index contributed by atoms with van der Waals surface area (Å²) < 4.78 is 33.4. The maximum absolute atomic E-state index is 12.7. The summed E-state index contributed by atoms with van der Waals surface area (Å²) in [6.07, 6.45) is 1.74. The van der Waals surface area contributed by atoms with Gasteiger partial charge in [-0.2, -0.15) is 4.31 Å². The molecule has 0 radical (unpaired) electrons. The van der Waals surface area contributed by atoms with Crippen molar-refractivity contribution in [3.05, 3.63) is 65.0 Å². The Labute approximate surface area is 162 Å². The molecule has 2 heterocycles. The van der Waals surface area contributed by atoms with Gasteiger partial charge in [-0.25, -0.2) is 13.2 Å². The van der Waals surface area contributed by atoms with Crippen molar-refractivity contribution >= 4 is 37.4 Å². The van der Waals surface area contributed by atoms with Gasteiger partial charge >= 0.3 is 5.97 Å². The molecule has 0 N–H and O–H groups in total. The predicted octanol–water partition coefficient (Wildman–Crippen LogP) is 4.04. The number of hydrogen-bond acceptors (Lipinski definition) is 5. The third kappa shape index (κ3) is 3.63. The van der Waals surface area contributed by atoms with Crippen LogP contribution in [0.25, 0.3) is 10.1 Å². The first kappa shape index (κ1) is 18.2. The highest BCUT2D eigenvalue weighted by atomic mass is 32.2. The average Bonchev–Trinajstić information content (AvgIpc) is 3.37. The average molecular weight is 402 g/mol. The molecule has 0 atom stereocenters. The van der Waals surface area contributed by atoms with Gasteiger partial charge in [-0.1, -0.05) is 24.3 Å². The molecule has 0 bridgehead atoms. The van der Waals surface area contributed by atoms with Crippen LogP contribution >= 0.6 is 11.3 Å². The summed E-state index contributed by atoms with van der Waals surface area (Å²) in [7, 11) is -3.55. The predicted molar refractivity (Wildman–Crippen MR) is 105 cm³/mol. The van der Waals surface area contributed by atoms with Gasteiger partial charge in [0.1, 0.15) is 6.61 Å². The van der Waals surface area contributed by atoms with Crippen LogP contribution in [-0.2, 0) is 21.4 Å². The molecule has 27 heavy (non-hydrogen) atoms. The van der Waals surface area contributed by atoms with E-state index in [9.17, 15) is 13.2 Å². The van der Waals surface area contributed by atoms with Gasteiger partial charge in [0.2, 0.25) is 10.0 Å². The molecule has 4 rings (SSSR count). The van der Waals surface area contributed by atoms with Gasteiger partial charge in [-0.3, -0.25) is 0 Å². The van der Waals surface area contributed by atoms with Crippen LogP contribution in [0.4, 0.5) is 0 Å². The molecule has 7 heteroatoms. The van der Waals surface area contributed by atoms with Crippen LogP contribution in [0.1, 0.15) is 28.8 Å². The zero-order valence-electron chi connectivity index (χ0n) is 14.6. The molecule has 3 aromatic rings. The molecule has 0 spiro atoms. The standard InChI is InChI=1S/C20H19NO4S2/c22-20(25-13-16-14-26-19-9-2-1-8-18(16)19)15-6-5-7-17(12-15)27(23,24)21-10-3-4-11-21/h1-2,5-9,12,14H,3-4,10-11,13H2. The maximum atomic E-state index is 12.7. The van der Waals surface area contributed by atoms with E-state index in [1.165, 1.54) is 16.4 Å². The van der Waals surface area contributed by atoms with Crippen LogP contribution in [0.2, 0.25) is 0 Å². The van der Waals surface area contributed by atoms with E-state index in [1.807, 2.05) is 29.6 Å². The third-order valence-electron chi connectivity index (χ3n) is 4.69. The Hall–Kier alpha value is -2.22. The highest BCUT2D eigenvalue weighted by molar-refractivity contribution is 7.89. The smallest absolute Gasteiger partial charge is 0.338 e. The van der Waals surface area contributed by atoms with Crippen LogP contribution in [0.3, 0.4) is 0 Å². The summed E-state index contributed by atoms with van der Waals surface area (Å²) >= 11 is 1.61. The lowest BCUT2D eigenvalue weighted by molar-refractivity contribution is 0.0474. The fraction of sp³-hybridized carbons (Fsp3) is 0.250. The summed E-state index contributed by atoms with van der Waals surface area (Å²) in [5, 5.41) is 3.05. The van der Waals surface area contributed by atoms with Crippen LogP contribution in [-0.4, -0.2) is 31.8 Å². The van der Waals surface area contributed by atoms with Crippen molar-refractivity contribution in [1.82, 2.24) is 4.31 Å². The van der Waals surface area contributed by atoms with Gasteiger partial charge in [0.15, 0.2) is 0 Å². The lowest BCUT2D eigenvalue weighted by Gasteiger charge is -2.15. The van der Waals surface area contributed by atoms with Crippen LogP contribution in [0.5, 0.6) is 0 Å². The molecule has 0 saturated carbocycles. The van der Waals surface area contributed by atoms with E-state index in [4.69, 9.17) is 4.74 Å². The van der Waals surface area contributed by atoms with E-state index in [2.05, 4.69) is 0 Å². The summed E-state index contributed by atoms with van der Waals surface area (Å²) in [6, 6.07) is 14.0. The summed E-state index contributed by atoms with van der Waals surface area (Å²) in [6.45, 7) is 1.22. The SMILES string of the molecule is O=C(OCc1csc2ccccc12)c1cccc(S(=O)(=O)N2CCCC2)c1. The fourth-order valence-corrected chi connectivity index (χ4v) is 5.74. The van der Waals surface area contributed by atoms with Crippen molar-refractivity contribution in [2.45, 2.75) is 24.3 Å². The second kappa shape index (κ2) is 7.42. The Kier molecular flexibility index (Phi) is 4.99. The number of fused-ring (bicyclic) bond motifs is 1. The third-order valence-corrected chi connectivity index (χ3v) is 7.60. The number of sulfonamides is 1. The zero-order chi connectivity index (χ0) is 18.9. The van der Waals surface area contributed by atoms with Gasteiger partial charge in [0.25, 0.3) is 0 Å². The zero-order valence-corrected chi connectivity index (χ0v) is 16.3. The minimum atomic E-state index is -3.55. The highest BCUT2D eigenvalue weighted by Crippen LogP contribution is 2.27. The molecule has 1 aliphatic heterocycles. The number of thiophene rings is 1. The van der Waals surface area contributed by atoms with Crippen LogP contribution in [0, 0.1) is 0 Å². The monoisotopic (exact) mass is 401 g/mol. The first-order valence-corrected chi connectivity index (χ1v) is 11.1. The molecule has 1 aromatic heterocycles. The van der Waals surface area contributed by atoms with Crippen molar-refractivity contribution < 1.29 is 17.9 Å². The second-order valence-corrected chi connectivity index (χ2v) is 9.32. The Morgan fingerprint density at radius 2 is 1.85 bits per heavy atom. The molecular weight excluding hydrogens is 382 g/mol. The molecular formula is C20H19NO4S2. The number of rotatable bonds is 5. The Morgan fingerprint density at radius 3 is 2.67 bits per heavy atom. The van der Waals surface area contributed by atoms with E-state index < -0.39 is 16.0 Å². The molecule has 0 unspecified atom stereocenters. The van der Waals surface area contributed by atoms with Gasteiger partial charge in [-0.05, 0) is 47.9 Å². The first-order valence-electron chi connectivity index (χ1n) is 8.78. The van der Waals surface area contributed by atoms with Crippen molar-refractivity contribution in [2.24, 2.45) is 0 Å². The molecule has 140 valence electrons. The minimum absolute atomic E-state index is 0.139. The molecule has 1 fully saturated rings. The van der Waals surface area contributed by atoms with E-state index in [0.717, 1.165) is 28.5 Å². The van der Waals surface area contributed by atoms with Crippen molar-refractivity contribution in [3.63, 3.8) is 0 Å². The lowest BCUT2D eigenvalue weighted by atomic mass is 10.2. The van der Waals surface area contributed by atoms with Gasteiger partial charge in [-0.15, -0.1) is 11.3 Å². The van der Waals surface area contributed by atoms with Gasteiger partial charge < -0.3 is 4.74 Å². The van der Waals surface area contributed by atoms with Crippen molar-refractivity contribution in [3.8, 4) is 0 Å². The van der Waals surface area contributed by atoms with E-state index in [1.54, 1.807) is 23.5 Å². The molecule has 0 aliphatic carbocycles. The number of hydrogen-bond donors (Lipinski definition) is 0. The number of ether oxygens (including phenoxy) is 1. The minimum Gasteiger partial charge on any atom is -0.457 e. The number of carbonyl (C=O) groups excluding carboxylic acids is 1. The highest BCUT2D eigenvalue weighted by Gasteiger charge is 2.27. The molecule has 0 amide bonds. The summed E-state index contributed by atoms with van der Waals surface area (Å²) in [5.41, 5.74) is 1.19. The Balaban J connectivity index is 1.51. The maximum Gasteiger partial charge on any atom is 0.338 e. The number of benzene rings is 2. The number of carbonyl (C=O) groups is 1. The molecule has 5 nitrogen and oxygen atoms in total. The quantitative estimate of drug-likeness (QED) is 0.605. The second-order valence-electron chi connectivity index (χ2n) is 6.47. The number of nitrogens with zero attached hydrogens (tertiary/aromatic N) is 1. The Morgan fingerprint density at radius 1 is 1.07 bits per heavy atom.